The van der Waals surface area contributed by atoms with Crippen LogP contribution in [-0.2, 0) is 8.71 Å². The van der Waals surface area contributed by atoms with E-state index in [0.29, 0.717) is 5.75 Å². The first-order valence-corrected chi connectivity index (χ1v) is 9.94. The molecule has 1 aliphatic rings. The number of para-hydroxylation sites is 1. The fraction of sp³-hybridized carbons (Fsp3) is 0.217. The Labute approximate surface area is 170 Å². The van der Waals surface area contributed by atoms with Crippen LogP contribution in [0.4, 0.5) is 11.4 Å². The minimum absolute atomic E-state index is 0.599. The van der Waals surface area contributed by atoms with Crippen molar-refractivity contribution in [2.45, 2.75) is 4.75 Å². The highest BCUT2D eigenvalue weighted by Crippen LogP contribution is 2.61. The van der Waals surface area contributed by atoms with E-state index in [4.69, 9.17) is 0 Å². The van der Waals surface area contributed by atoms with Crippen molar-refractivity contribution in [2.24, 2.45) is 0 Å². The first-order valence-electron chi connectivity index (χ1n) is 9.20. The van der Waals surface area contributed by atoms with Crippen LogP contribution in [0.15, 0.2) is 72.8 Å². The molecule has 3 aromatic carbocycles. The van der Waals surface area contributed by atoms with Crippen molar-refractivity contribution in [3.8, 4) is 5.75 Å². The van der Waals surface area contributed by atoms with Gasteiger partial charge in [-0.3, -0.25) is 0 Å². The number of hydrogen-bond acceptors (Lipinski definition) is 4. The molecule has 0 aromatic heterocycles. The molecule has 5 heteroatoms. The molecule has 0 saturated heterocycles. The third kappa shape index (κ3) is 2.91. The highest BCUT2D eigenvalue weighted by Gasteiger charge is 2.53. The third-order valence-corrected chi connectivity index (χ3v) is 6.50. The maximum absolute atomic E-state index is 12.8. The minimum atomic E-state index is -0.599. The van der Waals surface area contributed by atoms with E-state index in [1.807, 2.05) is 56.4 Å². The van der Waals surface area contributed by atoms with Gasteiger partial charge in [0.1, 0.15) is 0 Å². The summed E-state index contributed by atoms with van der Waals surface area (Å²) < 4.78 is 1.37. The summed E-state index contributed by atoms with van der Waals surface area (Å²) in [5.74, 6) is 0.640. The lowest BCUT2D eigenvalue weighted by Gasteiger charge is -2.27. The molecule has 0 unspecified atom stereocenters. The number of nitrogens with zero attached hydrogens (tertiary/aromatic N) is 2. The quantitative estimate of drug-likeness (QED) is 0.376. The summed E-state index contributed by atoms with van der Waals surface area (Å²) in [7, 11) is 8.11. The number of benzene rings is 3. The number of rotatable bonds is 4. The standard InChI is InChI=1S/C23H24N2O2S/c1-24(2)19-13-9-17(10-14-19)23(18-11-15-20(16-12-18)25(3)4)21-7-5-6-8-22(21)27(26)28-23/h5-16H,1-4H3. The highest BCUT2D eigenvalue weighted by atomic mass is 32.2. The van der Waals surface area contributed by atoms with Crippen molar-refractivity contribution in [2.75, 3.05) is 38.0 Å². The zero-order chi connectivity index (χ0) is 19.9. The molecule has 0 spiro atoms. The molecule has 3 aromatic rings. The molecule has 1 heterocycles. The Morgan fingerprint density at radius 2 is 1.18 bits per heavy atom. The van der Waals surface area contributed by atoms with E-state index in [0.717, 1.165) is 28.1 Å². The molecule has 1 aliphatic heterocycles. The Bertz CT molecular complexity index is 917. The zero-order valence-electron chi connectivity index (χ0n) is 16.5. The van der Waals surface area contributed by atoms with Gasteiger partial charge >= 0.3 is 0 Å². The summed E-state index contributed by atoms with van der Waals surface area (Å²) in [4.78, 5) is 4.15. The molecule has 144 valence electrons. The van der Waals surface area contributed by atoms with Gasteiger partial charge in [-0.1, -0.05) is 36.4 Å². The molecule has 4 rings (SSSR count). The van der Waals surface area contributed by atoms with Crippen LogP contribution >= 0.6 is 12.0 Å². The van der Waals surface area contributed by atoms with Crippen LogP contribution in [-0.4, -0.2) is 28.2 Å². The van der Waals surface area contributed by atoms with Crippen molar-refractivity contribution >= 4 is 23.4 Å². The average molecular weight is 393 g/mol. The second-order valence-corrected chi connectivity index (χ2v) is 8.46. The molecular formula is C23H24N2O2S. The number of hydrogen-bond donors (Lipinski definition) is 0. The van der Waals surface area contributed by atoms with E-state index in [-0.39, 0.29) is 0 Å². The van der Waals surface area contributed by atoms with Crippen molar-refractivity contribution < 1.29 is 9.22 Å². The van der Waals surface area contributed by atoms with Crippen LogP contribution in [0, 0.1) is 0 Å². The maximum Gasteiger partial charge on any atom is 0.285 e. The van der Waals surface area contributed by atoms with Crippen LogP contribution < -0.4 is 15.1 Å². The van der Waals surface area contributed by atoms with Crippen LogP contribution in [0.2, 0.25) is 0 Å². The Balaban J connectivity index is 1.92. The normalized spacial score (nSPS) is 14.7. The van der Waals surface area contributed by atoms with Crippen molar-refractivity contribution in [3.05, 3.63) is 89.5 Å². The Morgan fingerprint density at radius 3 is 1.64 bits per heavy atom. The molecule has 0 radical (unpaired) electrons. The third-order valence-electron chi connectivity index (χ3n) is 5.23. The monoisotopic (exact) mass is 392 g/mol. The molecule has 28 heavy (non-hydrogen) atoms. The van der Waals surface area contributed by atoms with Crippen LogP contribution in [0.1, 0.15) is 16.7 Å². The first-order chi connectivity index (χ1) is 13.4. The second kappa shape index (κ2) is 7.08. The molecule has 0 fully saturated rings. The molecule has 0 bridgehead atoms. The van der Waals surface area contributed by atoms with Gasteiger partial charge in [-0.15, -0.1) is 0 Å². The number of anilines is 2. The molecule has 0 amide bonds. The van der Waals surface area contributed by atoms with E-state index in [2.05, 4.69) is 58.3 Å². The van der Waals surface area contributed by atoms with Gasteiger partial charge < -0.3 is 19.0 Å². The Hall–Kier alpha value is -2.63. The fourth-order valence-electron chi connectivity index (χ4n) is 3.67. The van der Waals surface area contributed by atoms with Crippen LogP contribution in [0.3, 0.4) is 0 Å². The summed E-state index contributed by atoms with van der Waals surface area (Å²) in [5.41, 5.74) is 5.42. The Morgan fingerprint density at radius 1 is 0.714 bits per heavy atom. The SMILES string of the molecule is CN(C)c1ccc(C2(c3ccc(N(C)C)cc3)S[O+]([O-])c3ccccc32)cc1. The summed E-state index contributed by atoms with van der Waals surface area (Å²) >= 11 is 1.24. The molecule has 0 aliphatic carbocycles. The predicted octanol–water partition coefficient (Wildman–Crippen LogP) is 4.31. The smallest absolute Gasteiger partial charge is 0.285 e. The summed E-state index contributed by atoms with van der Waals surface area (Å²) in [5, 5.41) is 12.8. The highest BCUT2D eigenvalue weighted by molar-refractivity contribution is 7.96. The van der Waals surface area contributed by atoms with Gasteiger partial charge in [0.2, 0.25) is 0 Å². The van der Waals surface area contributed by atoms with E-state index in [9.17, 15) is 5.26 Å². The van der Waals surface area contributed by atoms with Crippen LogP contribution in [0.5, 0.6) is 5.75 Å². The van der Waals surface area contributed by atoms with Gasteiger partial charge in [0, 0.05) is 45.6 Å². The van der Waals surface area contributed by atoms with Crippen molar-refractivity contribution in [3.63, 3.8) is 0 Å². The molecule has 0 saturated carbocycles. The summed E-state index contributed by atoms with van der Waals surface area (Å²) in [6, 6.07) is 24.7. The Kier molecular flexibility index (Phi) is 4.73. The molecule has 4 nitrogen and oxygen atoms in total. The van der Waals surface area contributed by atoms with E-state index < -0.39 is 4.75 Å². The van der Waals surface area contributed by atoms with Gasteiger partial charge in [-0.2, -0.15) is 0 Å². The maximum atomic E-state index is 12.8. The van der Waals surface area contributed by atoms with Crippen LogP contribution in [0.25, 0.3) is 0 Å². The zero-order valence-corrected chi connectivity index (χ0v) is 17.4. The van der Waals surface area contributed by atoms with E-state index >= 15 is 0 Å². The van der Waals surface area contributed by atoms with Gasteiger partial charge in [-0.05, 0) is 41.5 Å². The first kappa shape index (κ1) is 18.7. The molecule has 0 N–H and O–H groups in total. The van der Waals surface area contributed by atoms with Gasteiger partial charge in [0.25, 0.3) is 17.8 Å². The lowest BCUT2D eigenvalue weighted by Crippen LogP contribution is -2.24. The molecular weight excluding hydrogens is 368 g/mol. The topological polar surface area (TPSA) is 32.2 Å². The van der Waals surface area contributed by atoms with Gasteiger partial charge in [0.15, 0.2) is 4.75 Å². The van der Waals surface area contributed by atoms with E-state index in [1.165, 1.54) is 12.0 Å². The van der Waals surface area contributed by atoms with E-state index in [1.54, 1.807) is 0 Å². The lowest BCUT2D eigenvalue weighted by molar-refractivity contribution is -0.701. The van der Waals surface area contributed by atoms with Gasteiger partial charge in [-0.25, -0.2) is 0 Å². The summed E-state index contributed by atoms with van der Waals surface area (Å²) in [6.45, 7) is 0. The summed E-state index contributed by atoms with van der Waals surface area (Å²) in [6.07, 6.45) is 0. The lowest BCUT2D eigenvalue weighted by atomic mass is 9.83. The molecule has 0 atom stereocenters. The number of fused-ring (bicyclic) bond motifs is 1. The fourth-order valence-corrected chi connectivity index (χ4v) is 4.85. The largest absolute Gasteiger partial charge is 0.490 e. The van der Waals surface area contributed by atoms with Gasteiger partial charge in [0.05, 0.1) is 5.56 Å². The second-order valence-electron chi connectivity index (χ2n) is 7.38. The van der Waals surface area contributed by atoms with Crippen molar-refractivity contribution in [1.82, 2.24) is 0 Å². The van der Waals surface area contributed by atoms with Crippen molar-refractivity contribution in [1.29, 1.82) is 0 Å². The minimum Gasteiger partial charge on any atom is -0.490 e. The predicted molar refractivity (Wildman–Crippen MR) is 116 cm³/mol. The average Bonchev–Trinajstić information content (AvgIpc) is 3.02.